The van der Waals surface area contributed by atoms with Gasteiger partial charge in [-0.15, -0.1) is 11.8 Å². The molecule has 0 radical (unpaired) electrons. The lowest BCUT2D eigenvalue weighted by Gasteiger charge is -2.19. The molecule has 0 aliphatic rings. The number of nitrogens with one attached hydrogen (secondary N) is 1. The van der Waals surface area contributed by atoms with Gasteiger partial charge in [0.25, 0.3) is 0 Å². The fourth-order valence-electron chi connectivity index (χ4n) is 2.12. The van der Waals surface area contributed by atoms with Gasteiger partial charge in [0, 0.05) is 27.3 Å². The second-order valence-corrected chi connectivity index (χ2v) is 6.11. The van der Waals surface area contributed by atoms with E-state index >= 15 is 0 Å². The maximum atomic E-state index is 6.03. The van der Waals surface area contributed by atoms with Gasteiger partial charge in [-0.1, -0.05) is 35.9 Å². The van der Waals surface area contributed by atoms with E-state index in [0.29, 0.717) is 6.61 Å². The second-order valence-electron chi connectivity index (χ2n) is 4.58. The van der Waals surface area contributed by atoms with E-state index in [1.165, 1.54) is 10.5 Å². The number of halogens is 1. The first-order chi connectivity index (χ1) is 10.2. The molecule has 0 aliphatic heterocycles. The van der Waals surface area contributed by atoms with Gasteiger partial charge in [0.1, 0.15) is 5.75 Å². The average molecular weight is 322 g/mol. The summed E-state index contributed by atoms with van der Waals surface area (Å²) in [5.41, 5.74) is 1.19. The molecule has 0 heterocycles. The lowest BCUT2D eigenvalue weighted by Crippen LogP contribution is -2.19. The maximum absolute atomic E-state index is 6.03. The van der Waals surface area contributed by atoms with Gasteiger partial charge in [0.15, 0.2) is 0 Å². The molecule has 0 saturated heterocycles. The third kappa shape index (κ3) is 4.67. The molecule has 0 amide bonds. The van der Waals surface area contributed by atoms with E-state index in [1.807, 2.05) is 50.4 Å². The summed E-state index contributed by atoms with van der Waals surface area (Å²) in [4.78, 5) is 1.18. The Hall–Kier alpha value is -1.16. The third-order valence-electron chi connectivity index (χ3n) is 3.16. The summed E-state index contributed by atoms with van der Waals surface area (Å²) in [6.07, 6.45) is 0. The molecule has 4 heteroatoms. The Morgan fingerprint density at radius 2 is 2.00 bits per heavy atom. The number of rotatable bonds is 7. The number of hydrogen-bond donors (Lipinski definition) is 1. The number of para-hydroxylation sites is 1. The van der Waals surface area contributed by atoms with Gasteiger partial charge in [-0.25, -0.2) is 0 Å². The Kier molecular flexibility index (Phi) is 6.43. The van der Waals surface area contributed by atoms with Crippen LogP contribution in [0.25, 0.3) is 0 Å². The second kappa shape index (κ2) is 8.32. The summed E-state index contributed by atoms with van der Waals surface area (Å²) >= 11 is 7.81. The lowest BCUT2D eigenvalue weighted by molar-refractivity contribution is 0.333. The summed E-state index contributed by atoms with van der Waals surface area (Å²) in [6, 6.07) is 16.4. The maximum Gasteiger partial charge on any atom is 0.124 e. The van der Waals surface area contributed by atoms with Crippen LogP contribution < -0.4 is 10.1 Å². The number of thioether (sulfide) groups is 1. The van der Waals surface area contributed by atoms with Crippen molar-refractivity contribution in [1.29, 1.82) is 0 Å². The third-order valence-corrected chi connectivity index (χ3v) is 4.48. The molecule has 0 aliphatic carbocycles. The van der Waals surface area contributed by atoms with Crippen LogP contribution in [-0.4, -0.2) is 19.4 Å². The molecular formula is C17H20ClNOS. The Morgan fingerprint density at radius 3 is 2.71 bits per heavy atom. The van der Waals surface area contributed by atoms with Gasteiger partial charge in [0.05, 0.1) is 6.61 Å². The Morgan fingerprint density at radius 1 is 1.19 bits per heavy atom. The SMILES string of the molecule is CCOc1ccccc1C(CSc1cccc(Cl)c1)NC. The van der Waals surface area contributed by atoms with E-state index in [9.17, 15) is 0 Å². The number of ether oxygens (including phenoxy) is 1. The molecule has 0 saturated carbocycles. The summed E-state index contributed by atoms with van der Waals surface area (Å²) < 4.78 is 5.72. The van der Waals surface area contributed by atoms with Crippen molar-refractivity contribution in [3.05, 3.63) is 59.1 Å². The van der Waals surface area contributed by atoms with Crippen molar-refractivity contribution in [2.24, 2.45) is 0 Å². The van der Waals surface area contributed by atoms with Crippen LogP contribution in [0.4, 0.5) is 0 Å². The fraction of sp³-hybridized carbons (Fsp3) is 0.294. The van der Waals surface area contributed by atoms with E-state index in [0.717, 1.165) is 16.5 Å². The van der Waals surface area contributed by atoms with Crippen molar-refractivity contribution in [3.63, 3.8) is 0 Å². The Labute approximate surface area is 135 Å². The van der Waals surface area contributed by atoms with E-state index in [2.05, 4.69) is 17.4 Å². The highest BCUT2D eigenvalue weighted by molar-refractivity contribution is 7.99. The van der Waals surface area contributed by atoms with Gasteiger partial charge in [0.2, 0.25) is 0 Å². The van der Waals surface area contributed by atoms with Gasteiger partial charge < -0.3 is 10.1 Å². The van der Waals surface area contributed by atoms with E-state index in [1.54, 1.807) is 11.8 Å². The van der Waals surface area contributed by atoms with Crippen molar-refractivity contribution in [1.82, 2.24) is 5.32 Å². The van der Waals surface area contributed by atoms with Gasteiger partial charge in [-0.2, -0.15) is 0 Å². The smallest absolute Gasteiger partial charge is 0.124 e. The van der Waals surface area contributed by atoms with Gasteiger partial charge in [-0.3, -0.25) is 0 Å². The van der Waals surface area contributed by atoms with E-state index in [4.69, 9.17) is 16.3 Å². The molecule has 1 atom stereocenters. The standard InChI is InChI=1S/C17H20ClNOS/c1-3-20-17-10-5-4-9-15(17)16(19-2)12-21-14-8-6-7-13(18)11-14/h4-11,16,19H,3,12H2,1-2H3. The molecule has 2 rings (SSSR count). The first kappa shape index (κ1) is 16.2. The minimum atomic E-state index is 0.233. The fourth-order valence-corrected chi connectivity index (χ4v) is 3.47. The average Bonchev–Trinajstić information content (AvgIpc) is 2.50. The quantitative estimate of drug-likeness (QED) is 0.741. The van der Waals surface area contributed by atoms with Crippen LogP contribution in [0.5, 0.6) is 5.75 Å². The molecule has 0 bridgehead atoms. The minimum absolute atomic E-state index is 0.233. The summed E-state index contributed by atoms with van der Waals surface area (Å²) in [5.74, 6) is 1.87. The summed E-state index contributed by atoms with van der Waals surface area (Å²) in [7, 11) is 1.98. The zero-order valence-corrected chi connectivity index (χ0v) is 13.9. The normalized spacial score (nSPS) is 12.1. The molecule has 1 N–H and O–H groups in total. The zero-order chi connectivity index (χ0) is 15.1. The van der Waals surface area contributed by atoms with E-state index < -0.39 is 0 Å². The van der Waals surface area contributed by atoms with Crippen LogP contribution in [-0.2, 0) is 0 Å². The van der Waals surface area contributed by atoms with Crippen molar-refractivity contribution < 1.29 is 4.74 Å². The van der Waals surface area contributed by atoms with Crippen molar-refractivity contribution >= 4 is 23.4 Å². The monoisotopic (exact) mass is 321 g/mol. The topological polar surface area (TPSA) is 21.3 Å². The largest absolute Gasteiger partial charge is 0.494 e. The Bertz CT molecular complexity index is 576. The van der Waals surface area contributed by atoms with Crippen molar-refractivity contribution in [3.8, 4) is 5.75 Å². The van der Waals surface area contributed by atoms with Crippen LogP contribution in [0, 0.1) is 0 Å². The first-order valence-corrected chi connectivity index (χ1v) is 8.38. The van der Waals surface area contributed by atoms with Crippen LogP contribution in [0.2, 0.25) is 5.02 Å². The van der Waals surface area contributed by atoms with Crippen LogP contribution in [0.15, 0.2) is 53.4 Å². The van der Waals surface area contributed by atoms with E-state index in [-0.39, 0.29) is 6.04 Å². The lowest BCUT2D eigenvalue weighted by atomic mass is 10.1. The molecule has 112 valence electrons. The molecule has 2 aromatic carbocycles. The van der Waals surface area contributed by atoms with Crippen LogP contribution >= 0.6 is 23.4 Å². The molecule has 0 spiro atoms. The first-order valence-electron chi connectivity index (χ1n) is 7.02. The molecule has 2 nitrogen and oxygen atoms in total. The van der Waals surface area contributed by atoms with Gasteiger partial charge in [-0.05, 0) is 38.2 Å². The zero-order valence-electron chi connectivity index (χ0n) is 12.3. The summed E-state index contributed by atoms with van der Waals surface area (Å²) in [5, 5.41) is 4.14. The molecule has 2 aromatic rings. The molecule has 21 heavy (non-hydrogen) atoms. The predicted octanol–water partition coefficient (Wildman–Crippen LogP) is 4.79. The van der Waals surface area contributed by atoms with Crippen LogP contribution in [0.1, 0.15) is 18.5 Å². The van der Waals surface area contributed by atoms with Gasteiger partial charge >= 0.3 is 0 Å². The number of benzene rings is 2. The molecule has 0 fully saturated rings. The Balaban J connectivity index is 2.09. The van der Waals surface area contributed by atoms with Crippen molar-refractivity contribution in [2.45, 2.75) is 17.9 Å². The highest BCUT2D eigenvalue weighted by atomic mass is 35.5. The molecule has 0 aromatic heterocycles. The highest BCUT2D eigenvalue weighted by Gasteiger charge is 2.14. The predicted molar refractivity (Wildman–Crippen MR) is 91.6 cm³/mol. The summed E-state index contributed by atoms with van der Waals surface area (Å²) in [6.45, 7) is 2.68. The minimum Gasteiger partial charge on any atom is -0.494 e. The molecular weight excluding hydrogens is 302 g/mol. The van der Waals surface area contributed by atoms with Crippen LogP contribution in [0.3, 0.4) is 0 Å². The number of hydrogen-bond acceptors (Lipinski definition) is 3. The highest BCUT2D eigenvalue weighted by Crippen LogP contribution is 2.30. The van der Waals surface area contributed by atoms with Crippen molar-refractivity contribution in [2.75, 3.05) is 19.4 Å². The molecule has 1 unspecified atom stereocenters.